The van der Waals surface area contributed by atoms with E-state index < -0.39 is 6.10 Å². The number of aromatic amines is 2. The van der Waals surface area contributed by atoms with Crippen molar-refractivity contribution in [3.8, 4) is 0 Å². The van der Waals surface area contributed by atoms with E-state index in [1.54, 1.807) is 12.1 Å². The molecule has 0 radical (unpaired) electrons. The summed E-state index contributed by atoms with van der Waals surface area (Å²) in [6.07, 6.45) is -0.0220. The van der Waals surface area contributed by atoms with Gasteiger partial charge in [-0.15, -0.1) is 0 Å². The van der Waals surface area contributed by atoms with Crippen LogP contribution in [-0.2, 0) is 6.42 Å². The van der Waals surface area contributed by atoms with Crippen LogP contribution >= 0.6 is 0 Å². The van der Waals surface area contributed by atoms with Gasteiger partial charge >= 0.3 is 5.69 Å². The summed E-state index contributed by atoms with van der Waals surface area (Å²) in [5, 5.41) is 10.2. The molecular formula is C15H14N2O2. The summed E-state index contributed by atoms with van der Waals surface area (Å²) in [6, 6.07) is 15.3. The van der Waals surface area contributed by atoms with Crippen LogP contribution in [-0.4, -0.2) is 15.1 Å². The van der Waals surface area contributed by atoms with Crippen LogP contribution < -0.4 is 5.69 Å². The number of hydrogen-bond acceptors (Lipinski definition) is 2. The Bertz CT molecular complexity index is 743. The number of rotatable bonds is 3. The first-order chi connectivity index (χ1) is 9.22. The summed E-state index contributed by atoms with van der Waals surface area (Å²) in [5.74, 6) is 0. The summed E-state index contributed by atoms with van der Waals surface area (Å²) in [6.45, 7) is 0. The van der Waals surface area contributed by atoms with Crippen molar-refractivity contribution in [1.29, 1.82) is 0 Å². The standard InChI is InChI=1S/C15H14N2O2/c18-14(8-10-4-2-1-3-5-10)11-6-7-12-13(9-11)17-15(19)16-12/h1-7,9,14,18H,8H2,(H2,16,17,19). The molecule has 0 saturated carbocycles. The molecule has 1 unspecified atom stereocenters. The molecule has 0 aliphatic heterocycles. The molecule has 0 bridgehead atoms. The highest BCUT2D eigenvalue weighted by molar-refractivity contribution is 5.75. The van der Waals surface area contributed by atoms with Crippen molar-refractivity contribution in [1.82, 2.24) is 9.97 Å². The lowest BCUT2D eigenvalue weighted by molar-refractivity contribution is 0.178. The van der Waals surface area contributed by atoms with Gasteiger partial charge < -0.3 is 15.1 Å². The van der Waals surface area contributed by atoms with E-state index in [0.717, 1.165) is 22.2 Å². The zero-order valence-electron chi connectivity index (χ0n) is 10.3. The van der Waals surface area contributed by atoms with Crippen LogP contribution in [0.5, 0.6) is 0 Å². The van der Waals surface area contributed by atoms with Crippen LogP contribution in [0.1, 0.15) is 17.2 Å². The number of aromatic nitrogens is 2. The van der Waals surface area contributed by atoms with Crippen LogP contribution in [0.15, 0.2) is 53.3 Å². The highest BCUT2D eigenvalue weighted by Crippen LogP contribution is 2.20. The highest BCUT2D eigenvalue weighted by Gasteiger charge is 2.10. The zero-order valence-corrected chi connectivity index (χ0v) is 10.3. The quantitative estimate of drug-likeness (QED) is 0.670. The molecule has 0 amide bonds. The third-order valence-corrected chi connectivity index (χ3v) is 3.20. The third kappa shape index (κ3) is 2.44. The molecule has 1 atom stereocenters. The number of aliphatic hydroxyl groups is 1. The van der Waals surface area contributed by atoms with Crippen LogP contribution in [0.2, 0.25) is 0 Å². The summed E-state index contributed by atoms with van der Waals surface area (Å²) in [5.41, 5.74) is 3.12. The van der Waals surface area contributed by atoms with Gasteiger partial charge in [-0.1, -0.05) is 36.4 Å². The van der Waals surface area contributed by atoms with Gasteiger partial charge in [-0.05, 0) is 23.3 Å². The van der Waals surface area contributed by atoms with Gasteiger partial charge in [0, 0.05) is 6.42 Å². The summed E-state index contributed by atoms with van der Waals surface area (Å²) < 4.78 is 0. The molecule has 3 aromatic rings. The van der Waals surface area contributed by atoms with Gasteiger partial charge in [0.1, 0.15) is 0 Å². The van der Waals surface area contributed by atoms with Gasteiger partial charge in [0.05, 0.1) is 17.1 Å². The number of benzene rings is 2. The largest absolute Gasteiger partial charge is 0.388 e. The molecule has 0 aliphatic carbocycles. The molecule has 1 heterocycles. The molecule has 4 heteroatoms. The second kappa shape index (κ2) is 4.74. The fourth-order valence-corrected chi connectivity index (χ4v) is 2.21. The molecule has 3 rings (SSSR count). The number of nitrogens with one attached hydrogen (secondary N) is 2. The Kier molecular flexibility index (Phi) is 2.93. The van der Waals surface area contributed by atoms with Crippen LogP contribution in [0.25, 0.3) is 11.0 Å². The van der Waals surface area contributed by atoms with Crippen molar-refractivity contribution in [2.24, 2.45) is 0 Å². The van der Waals surface area contributed by atoms with E-state index in [1.165, 1.54) is 0 Å². The first kappa shape index (κ1) is 11.7. The van der Waals surface area contributed by atoms with Gasteiger partial charge in [-0.25, -0.2) is 4.79 Å². The number of aliphatic hydroxyl groups excluding tert-OH is 1. The number of fused-ring (bicyclic) bond motifs is 1. The number of hydrogen-bond donors (Lipinski definition) is 3. The van der Waals surface area contributed by atoms with Gasteiger partial charge in [0.25, 0.3) is 0 Å². The second-order valence-corrected chi connectivity index (χ2v) is 4.59. The smallest absolute Gasteiger partial charge is 0.323 e. The Labute approximate surface area is 109 Å². The molecular weight excluding hydrogens is 240 g/mol. The lowest BCUT2D eigenvalue weighted by Crippen LogP contribution is -2.01. The van der Waals surface area contributed by atoms with E-state index in [0.29, 0.717) is 6.42 Å². The normalized spacial score (nSPS) is 12.7. The van der Waals surface area contributed by atoms with Crippen LogP contribution in [0, 0.1) is 0 Å². The van der Waals surface area contributed by atoms with Crippen LogP contribution in [0.4, 0.5) is 0 Å². The maximum Gasteiger partial charge on any atom is 0.323 e. The van der Waals surface area contributed by atoms with Gasteiger partial charge in [0.2, 0.25) is 0 Å². The van der Waals surface area contributed by atoms with Crippen molar-refractivity contribution >= 4 is 11.0 Å². The maximum absolute atomic E-state index is 11.2. The van der Waals surface area contributed by atoms with Crippen molar-refractivity contribution in [3.63, 3.8) is 0 Å². The predicted molar refractivity (Wildman–Crippen MR) is 74.0 cm³/mol. The highest BCUT2D eigenvalue weighted by atomic mass is 16.3. The Morgan fingerprint density at radius 2 is 1.74 bits per heavy atom. The van der Waals surface area contributed by atoms with E-state index in [1.807, 2.05) is 36.4 Å². The minimum Gasteiger partial charge on any atom is -0.388 e. The first-order valence-corrected chi connectivity index (χ1v) is 6.16. The molecule has 0 fully saturated rings. The Morgan fingerprint density at radius 1 is 1.00 bits per heavy atom. The van der Waals surface area contributed by atoms with Crippen molar-refractivity contribution in [2.45, 2.75) is 12.5 Å². The lowest BCUT2D eigenvalue weighted by Gasteiger charge is -2.11. The van der Waals surface area contributed by atoms with Crippen molar-refractivity contribution in [2.75, 3.05) is 0 Å². The average molecular weight is 254 g/mol. The zero-order chi connectivity index (χ0) is 13.2. The average Bonchev–Trinajstić information content (AvgIpc) is 2.78. The third-order valence-electron chi connectivity index (χ3n) is 3.20. The van der Waals surface area contributed by atoms with E-state index in [-0.39, 0.29) is 5.69 Å². The SMILES string of the molecule is O=c1[nH]c2ccc(C(O)Cc3ccccc3)cc2[nH]1. The fourth-order valence-electron chi connectivity index (χ4n) is 2.21. The fraction of sp³-hybridized carbons (Fsp3) is 0.133. The Balaban J connectivity index is 1.88. The van der Waals surface area contributed by atoms with Gasteiger partial charge in [-0.3, -0.25) is 0 Å². The number of imidazole rings is 1. The molecule has 96 valence electrons. The van der Waals surface area contributed by atoms with E-state index in [9.17, 15) is 9.90 Å². The molecule has 1 aromatic heterocycles. The van der Waals surface area contributed by atoms with Gasteiger partial charge in [-0.2, -0.15) is 0 Å². The van der Waals surface area contributed by atoms with Crippen LogP contribution in [0.3, 0.4) is 0 Å². The summed E-state index contributed by atoms with van der Waals surface area (Å²) >= 11 is 0. The molecule has 0 spiro atoms. The molecule has 0 aliphatic rings. The molecule has 2 aromatic carbocycles. The Hall–Kier alpha value is -2.33. The van der Waals surface area contributed by atoms with Crippen molar-refractivity contribution in [3.05, 3.63) is 70.1 Å². The minimum absolute atomic E-state index is 0.232. The van der Waals surface area contributed by atoms with E-state index in [4.69, 9.17) is 0 Å². The van der Waals surface area contributed by atoms with E-state index >= 15 is 0 Å². The maximum atomic E-state index is 11.2. The number of H-pyrrole nitrogens is 2. The lowest BCUT2D eigenvalue weighted by atomic mass is 10.0. The van der Waals surface area contributed by atoms with Crippen molar-refractivity contribution < 1.29 is 5.11 Å². The molecule has 3 N–H and O–H groups in total. The molecule has 19 heavy (non-hydrogen) atoms. The Morgan fingerprint density at radius 3 is 2.53 bits per heavy atom. The van der Waals surface area contributed by atoms with Gasteiger partial charge in [0.15, 0.2) is 0 Å². The summed E-state index contributed by atoms with van der Waals surface area (Å²) in [4.78, 5) is 16.6. The second-order valence-electron chi connectivity index (χ2n) is 4.59. The first-order valence-electron chi connectivity index (χ1n) is 6.16. The summed E-state index contributed by atoms with van der Waals surface area (Å²) in [7, 11) is 0. The van der Waals surface area contributed by atoms with E-state index in [2.05, 4.69) is 9.97 Å². The monoisotopic (exact) mass is 254 g/mol. The molecule has 4 nitrogen and oxygen atoms in total. The predicted octanol–water partition coefficient (Wildman–Crippen LogP) is 2.13. The topological polar surface area (TPSA) is 68.9 Å². The molecule has 0 saturated heterocycles. The minimum atomic E-state index is -0.579.